The number of amides is 1. The van der Waals surface area contributed by atoms with Crippen LogP contribution in [-0.4, -0.2) is 93.9 Å². The van der Waals surface area contributed by atoms with E-state index in [1.807, 2.05) is 0 Å². The first-order valence-electron chi connectivity index (χ1n) is 16.7. The molecule has 7 heterocycles. The second-order valence-corrected chi connectivity index (χ2v) is 14.1. The third-order valence-electron chi connectivity index (χ3n) is 10.4. The van der Waals surface area contributed by atoms with Crippen molar-refractivity contribution in [2.24, 2.45) is 0 Å². The van der Waals surface area contributed by atoms with E-state index >= 15 is 13.2 Å². The number of benzene rings is 2. The molecule has 2 aromatic heterocycles. The van der Waals surface area contributed by atoms with Gasteiger partial charge < -0.3 is 24.8 Å². The number of hydrogen-bond acceptors (Lipinski definition) is 9. The molecule has 4 aromatic rings. The molecule has 6 bridgehead atoms. The Labute approximate surface area is 279 Å². The number of alkyl carbamates (subject to hydrolysis) is 1. The summed E-state index contributed by atoms with van der Waals surface area (Å²) >= 11 is 0. The van der Waals surface area contributed by atoms with Crippen LogP contribution in [0.5, 0.6) is 11.8 Å². The minimum Gasteiger partial charge on any atom is -0.508 e. The maximum Gasteiger partial charge on any atom is 0.407 e. The quantitative estimate of drug-likeness (QED) is 0.261. The molecule has 4 atom stereocenters. The summed E-state index contributed by atoms with van der Waals surface area (Å²) in [5.41, 5.74) is -1.60. The largest absolute Gasteiger partial charge is 0.508 e. The molecule has 10 nitrogen and oxygen atoms in total. The molecule has 9 rings (SSSR count). The zero-order valence-corrected chi connectivity index (χ0v) is 26.9. The molecule has 0 spiro atoms. The van der Waals surface area contributed by atoms with Crippen molar-refractivity contribution in [3.05, 3.63) is 47.7 Å². The van der Waals surface area contributed by atoms with E-state index in [2.05, 4.69) is 25.2 Å². The molecule has 3 fully saturated rings. The van der Waals surface area contributed by atoms with E-state index in [1.165, 1.54) is 30.5 Å². The Kier molecular flexibility index (Phi) is 7.69. The average Bonchev–Trinajstić information content (AvgIpc) is 3.57. The Hall–Kier alpha value is -4.46. The zero-order chi connectivity index (χ0) is 34.1. The van der Waals surface area contributed by atoms with Crippen molar-refractivity contribution in [3.63, 3.8) is 0 Å². The Balaban J connectivity index is 1.32. The molecule has 258 valence electrons. The van der Waals surface area contributed by atoms with Crippen molar-refractivity contribution in [3.8, 4) is 23.0 Å². The Morgan fingerprint density at radius 3 is 2.82 bits per heavy atom. The summed E-state index contributed by atoms with van der Waals surface area (Å²) in [7, 11) is 0. The van der Waals surface area contributed by atoms with Crippen LogP contribution in [0, 0.1) is 11.6 Å². The summed E-state index contributed by atoms with van der Waals surface area (Å²) in [5.74, 6) is -1.44. The van der Waals surface area contributed by atoms with Crippen molar-refractivity contribution in [1.29, 1.82) is 0 Å². The Morgan fingerprint density at radius 2 is 1.96 bits per heavy atom. The number of aromatic hydroxyl groups is 1. The number of aryl methyl sites for hydroxylation is 1. The maximum absolute atomic E-state index is 17.0. The fraction of sp³-hybridized carbons (Fsp3) is 0.486. The third kappa shape index (κ3) is 5.63. The average molecular weight is 681 g/mol. The normalized spacial score (nSPS) is 27.4. The monoisotopic (exact) mass is 680 g/mol. The molecule has 49 heavy (non-hydrogen) atoms. The van der Waals surface area contributed by atoms with E-state index in [-0.39, 0.29) is 90.9 Å². The topological polar surface area (TPSA) is 113 Å². The lowest BCUT2D eigenvalue weighted by Gasteiger charge is -2.42. The Morgan fingerprint density at radius 1 is 1.12 bits per heavy atom. The van der Waals surface area contributed by atoms with Gasteiger partial charge in [0.1, 0.15) is 47.5 Å². The van der Waals surface area contributed by atoms with Crippen LogP contribution in [0.25, 0.3) is 32.9 Å². The lowest BCUT2D eigenvalue weighted by molar-refractivity contribution is 0.107. The molecule has 2 N–H and O–H groups in total. The number of carbonyl (C=O) groups is 1. The molecule has 0 saturated carbocycles. The number of phenolic OH excluding ortho intramolecular Hbond substituents is 1. The van der Waals surface area contributed by atoms with Gasteiger partial charge in [-0.3, -0.25) is 9.88 Å². The van der Waals surface area contributed by atoms with E-state index in [4.69, 9.17) is 9.47 Å². The SMILES string of the molecule is C[C@@]12C[C@@H](F)CN(C1)c1nc(OC[C@@]34CCCN3C[C@H](F)C4)nc3c(F)c(ncc13)-c1cc(O)cc3ccc(F)c(c13)CCCOC(=O)N2. The van der Waals surface area contributed by atoms with Gasteiger partial charge in [-0.1, -0.05) is 6.07 Å². The van der Waals surface area contributed by atoms with E-state index < -0.39 is 41.1 Å². The van der Waals surface area contributed by atoms with Crippen LogP contribution in [0.1, 0.15) is 44.6 Å². The number of alkyl halides is 2. The fourth-order valence-corrected chi connectivity index (χ4v) is 8.38. The molecular weight excluding hydrogens is 644 g/mol. The summed E-state index contributed by atoms with van der Waals surface area (Å²) in [6.07, 6.45) is 0.537. The standard InChI is InChI=1S/C35H36F4N6O4/c1-34-12-20(36)15-44(17-34)31-25-14-40-29(28(39)30(25)41-32(42-31)49-18-35-7-3-8-45(35)16-21(37)13-35)24-11-22(46)10-19-5-6-26(38)23(27(19)24)4-2-9-48-33(47)43-34/h5-6,10-11,14,20-21,46H,2-4,7-9,12-13,15-18H2,1H3,(H,43,47)/t20-,21-,34-,35+/m1/s1. The summed E-state index contributed by atoms with van der Waals surface area (Å²) in [6.45, 7) is 2.77. The lowest BCUT2D eigenvalue weighted by atomic mass is 9.90. The number of rotatable bonds is 3. The van der Waals surface area contributed by atoms with Crippen LogP contribution >= 0.6 is 0 Å². The number of halogens is 4. The van der Waals surface area contributed by atoms with Crippen LogP contribution in [0.2, 0.25) is 0 Å². The van der Waals surface area contributed by atoms with Gasteiger partial charge >= 0.3 is 12.1 Å². The van der Waals surface area contributed by atoms with Crippen LogP contribution in [0.3, 0.4) is 0 Å². The summed E-state index contributed by atoms with van der Waals surface area (Å²) in [5, 5.41) is 14.4. The predicted molar refractivity (Wildman–Crippen MR) is 173 cm³/mol. The smallest absolute Gasteiger partial charge is 0.407 e. The highest BCUT2D eigenvalue weighted by molar-refractivity contribution is 6.01. The van der Waals surface area contributed by atoms with Gasteiger partial charge in [-0.25, -0.2) is 22.4 Å². The molecule has 0 unspecified atom stereocenters. The van der Waals surface area contributed by atoms with Crippen molar-refractivity contribution in [2.45, 2.75) is 68.9 Å². The van der Waals surface area contributed by atoms with Gasteiger partial charge in [0.05, 0.1) is 29.6 Å². The van der Waals surface area contributed by atoms with Crippen molar-refractivity contribution < 1.29 is 36.9 Å². The molecular formula is C35H36F4N6O4. The number of nitrogens with zero attached hydrogens (tertiary/aromatic N) is 5. The molecule has 1 amide bonds. The second-order valence-electron chi connectivity index (χ2n) is 14.1. The summed E-state index contributed by atoms with van der Waals surface area (Å²) in [4.78, 5) is 30.2. The number of nitrogens with one attached hydrogen (secondary N) is 1. The van der Waals surface area contributed by atoms with Gasteiger partial charge in [0.15, 0.2) is 5.82 Å². The van der Waals surface area contributed by atoms with Crippen LogP contribution in [0.4, 0.5) is 28.2 Å². The Bertz CT molecular complexity index is 1980. The van der Waals surface area contributed by atoms with Crippen LogP contribution < -0.4 is 15.0 Å². The van der Waals surface area contributed by atoms with E-state index in [0.29, 0.717) is 23.7 Å². The number of carbonyl (C=O) groups excluding carboxylic acids is 1. The van der Waals surface area contributed by atoms with Gasteiger partial charge in [-0.15, -0.1) is 0 Å². The van der Waals surface area contributed by atoms with Gasteiger partial charge in [0.25, 0.3) is 0 Å². The van der Waals surface area contributed by atoms with Crippen LogP contribution in [-0.2, 0) is 11.2 Å². The van der Waals surface area contributed by atoms with Gasteiger partial charge in [0.2, 0.25) is 0 Å². The number of ether oxygens (including phenoxy) is 2. The van der Waals surface area contributed by atoms with Crippen molar-refractivity contribution in [2.75, 3.05) is 44.3 Å². The number of piperidine rings is 1. The minimum absolute atomic E-state index is 0.00348. The second kappa shape index (κ2) is 11.9. The highest BCUT2D eigenvalue weighted by atomic mass is 19.1. The molecule has 5 aliphatic rings. The number of aromatic nitrogens is 3. The minimum atomic E-state index is -1.39. The molecule has 0 radical (unpaired) electrons. The van der Waals surface area contributed by atoms with Gasteiger partial charge in [-0.05, 0) is 73.7 Å². The number of hydrogen-bond donors (Lipinski definition) is 2. The predicted octanol–water partition coefficient (Wildman–Crippen LogP) is 5.76. The number of pyridine rings is 1. The number of phenols is 1. The summed E-state index contributed by atoms with van der Waals surface area (Å²) in [6, 6.07) is 5.37. The molecule has 14 heteroatoms. The van der Waals surface area contributed by atoms with Gasteiger partial charge in [0, 0.05) is 37.7 Å². The lowest BCUT2D eigenvalue weighted by Crippen LogP contribution is -2.60. The van der Waals surface area contributed by atoms with Gasteiger partial charge in [-0.2, -0.15) is 9.97 Å². The fourth-order valence-electron chi connectivity index (χ4n) is 8.38. The highest BCUT2D eigenvalue weighted by Gasteiger charge is 2.49. The van der Waals surface area contributed by atoms with Crippen molar-refractivity contribution in [1.82, 2.24) is 25.2 Å². The molecule has 3 saturated heterocycles. The first-order valence-corrected chi connectivity index (χ1v) is 16.7. The number of anilines is 1. The first-order chi connectivity index (χ1) is 23.5. The molecule has 0 aliphatic carbocycles. The van der Waals surface area contributed by atoms with E-state index in [0.717, 1.165) is 19.4 Å². The highest BCUT2D eigenvalue weighted by Crippen LogP contribution is 2.42. The zero-order valence-electron chi connectivity index (χ0n) is 26.9. The summed E-state index contributed by atoms with van der Waals surface area (Å²) < 4.78 is 74.0. The molecule has 5 aliphatic heterocycles. The molecule has 2 aromatic carbocycles. The number of fused-ring (bicyclic) bond motifs is 7. The van der Waals surface area contributed by atoms with E-state index in [9.17, 15) is 14.3 Å². The van der Waals surface area contributed by atoms with E-state index in [1.54, 1.807) is 11.8 Å². The maximum atomic E-state index is 17.0. The van der Waals surface area contributed by atoms with Crippen molar-refractivity contribution >= 4 is 33.6 Å². The first kappa shape index (κ1) is 31.8. The third-order valence-corrected chi connectivity index (χ3v) is 10.4. The van der Waals surface area contributed by atoms with Crippen LogP contribution in [0.15, 0.2) is 30.5 Å².